The van der Waals surface area contributed by atoms with Crippen LogP contribution in [-0.2, 0) is 26.2 Å². The highest BCUT2D eigenvalue weighted by Crippen LogP contribution is 2.23. The van der Waals surface area contributed by atoms with Crippen molar-refractivity contribution in [2.24, 2.45) is 0 Å². The van der Waals surface area contributed by atoms with Crippen LogP contribution in [0, 0.1) is 6.92 Å². The van der Waals surface area contributed by atoms with E-state index < -0.39 is 16.1 Å². The number of carbonyl (C=O) groups is 2. The van der Waals surface area contributed by atoms with Crippen LogP contribution in [0.5, 0.6) is 5.75 Å². The van der Waals surface area contributed by atoms with E-state index in [1.165, 1.54) is 10.7 Å². The van der Waals surface area contributed by atoms with E-state index in [4.69, 9.17) is 4.74 Å². The Morgan fingerprint density at radius 1 is 1.05 bits per heavy atom. The Kier molecular flexibility index (Phi) is 11.9. The maximum atomic E-state index is 13.7. The molecule has 0 bridgehead atoms. The second kappa shape index (κ2) is 15.1. The summed E-state index contributed by atoms with van der Waals surface area (Å²) in [6, 6.07) is 14.4. The predicted octanol–water partition coefficient (Wildman–Crippen LogP) is 5.20. The molecule has 1 aliphatic carbocycles. The molecule has 1 fully saturated rings. The molecule has 9 heteroatoms. The van der Waals surface area contributed by atoms with Gasteiger partial charge in [-0.25, -0.2) is 8.42 Å². The van der Waals surface area contributed by atoms with Gasteiger partial charge in [0.2, 0.25) is 21.8 Å². The second-order valence-corrected chi connectivity index (χ2v) is 12.6. The van der Waals surface area contributed by atoms with Crippen molar-refractivity contribution in [3.8, 4) is 5.75 Å². The molecule has 0 spiro atoms. The normalized spacial score (nSPS) is 14.8. The molecule has 0 heterocycles. The van der Waals surface area contributed by atoms with E-state index in [9.17, 15) is 18.0 Å². The van der Waals surface area contributed by atoms with Gasteiger partial charge < -0.3 is 15.0 Å². The van der Waals surface area contributed by atoms with Crippen LogP contribution in [0.15, 0.2) is 48.5 Å². The van der Waals surface area contributed by atoms with Gasteiger partial charge in [-0.15, -0.1) is 0 Å². The van der Waals surface area contributed by atoms with Gasteiger partial charge in [-0.1, -0.05) is 56.0 Å². The zero-order valence-corrected chi connectivity index (χ0v) is 25.2. The summed E-state index contributed by atoms with van der Waals surface area (Å²) in [6.45, 7) is 6.82. The van der Waals surface area contributed by atoms with Crippen LogP contribution in [0.25, 0.3) is 0 Å². The summed E-state index contributed by atoms with van der Waals surface area (Å²) >= 11 is 0. The first-order valence-corrected chi connectivity index (χ1v) is 16.3. The molecule has 220 valence electrons. The number of carbonyl (C=O) groups excluding carboxylic acids is 2. The second-order valence-electron chi connectivity index (χ2n) is 10.6. The molecule has 0 aromatic heterocycles. The highest BCUT2D eigenvalue weighted by molar-refractivity contribution is 7.92. The van der Waals surface area contributed by atoms with Crippen LogP contribution < -0.4 is 14.4 Å². The minimum absolute atomic E-state index is 0.109. The third-order valence-electron chi connectivity index (χ3n) is 7.36. The van der Waals surface area contributed by atoms with E-state index in [0.717, 1.165) is 43.1 Å². The molecule has 0 unspecified atom stereocenters. The molecule has 2 aromatic carbocycles. The number of rotatable bonds is 14. The van der Waals surface area contributed by atoms with Gasteiger partial charge in [0.15, 0.2) is 0 Å². The van der Waals surface area contributed by atoms with Crippen molar-refractivity contribution in [2.75, 3.05) is 23.7 Å². The van der Waals surface area contributed by atoms with Crippen LogP contribution in [0.2, 0.25) is 0 Å². The average Bonchev–Trinajstić information content (AvgIpc) is 2.91. The van der Waals surface area contributed by atoms with Crippen molar-refractivity contribution in [2.45, 2.75) is 90.8 Å². The van der Waals surface area contributed by atoms with E-state index in [1.807, 2.05) is 45.0 Å². The fourth-order valence-electron chi connectivity index (χ4n) is 5.35. The summed E-state index contributed by atoms with van der Waals surface area (Å²) in [7, 11) is -3.56. The van der Waals surface area contributed by atoms with E-state index in [-0.39, 0.29) is 30.8 Å². The summed E-state index contributed by atoms with van der Waals surface area (Å²) in [6.07, 6.45) is 7.48. The molecule has 0 radical (unpaired) electrons. The van der Waals surface area contributed by atoms with E-state index in [2.05, 4.69) is 5.32 Å². The number of nitrogens with zero attached hydrogens (tertiary/aromatic N) is 2. The number of hydrogen-bond acceptors (Lipinski definition) is 5. The first-order valence-electron chi connectivity index (χ1n) is 14.5. The minimum Gasteiger partial charge on any atom is -0.494 e. The van der Waals surface area contributed by atoms with Crippen LogP contribution in [0.4, 0.5) is 5.69 Å². The van der Waals surface area contributed by atoms with Crippen molar-refractivity contribution < 1.29 is 22.7 Å². The quantitative estimate of drug-likeness (QED) is 0.336. The van der Waals surface area contributed by atoms with Crippen molar-refractivity contribution >= 4 is 27.5 Å². The number of sulfonamides is 1. The van der Waals surface area contributed by atoms with Gasteiger partial charge in [0, 0.05) is 25.6 Å². The first-order chi connectivity index (χ1) is 19.1. The zero-order chi connectivity index (χ0) is 29.1. The molecular formula is C31H45N3O5S. The standard InChI is InChI=1S/C31H45N3O5S/c1-5-29(31(36)32-26-14-8-7-9-15-26)33(23-25-13-10-12-24(3)22-25)30(35)16-11-21-34(40(4,37)38)27-17-19-28(20-18-27)39-6-2/h10,12-13,17-20,22,26,29H,5-9,11,14-16,21,23H2,1-4H3,(H,32,36)/t29-/m1/s1. The third kappa shape index (κ3) is 9.25. The number of ether oxygens (including phenoxy) is 1. The highest BCUT2D eigenvalue weighted by Gasteiger charge is 2.30. The van der Waals surface area contributed by atoms with Crippen LogP contribution >= 0.6 is 0 Å². The van der Waals surface area contributed by atoms with Gasteiger partial charge >= 0.3 is 0 Å². The van der Waals surface area contributed by atoms with Crippen molar-refractivity contribution in [1.82, 2.24) is 10.2 Å². The molecule has 1 saturated carbocycles. The molecule has 8 nitrogen and oxygen atoms in total. The van der Waals surface area contributed by atoms with Gasteiger partial charge in [0.05, 0.1) is 18.6 Å². The number of nitrogens with one attached hydrogen (secondary N) is 1. The van der Waals surface area contributed by atoms with Crippen LogP contribution in [-0.4, -0.2) is 56.6 Å². The summed E-state index contributed by atoms with van der Waals surface area (Å²) < 4.78 is 32.0. The summed E-state index contributed by atoms with van der Waals surface area (Å²) in [5, 5.41) is 3.20. The zero-order valence-electron chi connectivity index (χ0n) is 24.4. The molecule has 2 aromatic rings. The molecule has 1 N–H and O–H groups in total. The van der Waals surface area contributed by atoms with Gasteiger partial charge in [0.1, 0.15) is 11.8 Å². The van der Waals surface area contributed by atoms with Gasteiger partial charge in [0.25, 0.3) is 0 Å². The van der Waals surface area contributed by atoms with Crippen molar-refractivity contribution in [3.05, 3.63) is 59.7 Å². The van der Waals surface area contributed by atoms with Crippen LogP contribution in [0.3, 0.4) is 0 Å². The highest BCUT2D eigenvalue weighted by atomic mass is 32.2. The Hall–Kier alpha value is -3.07. The van der Waals surface area contributed by atoms with Gasteiger partial charge in [-0.3, -0.25) is 13.9 Å². The molecule has 1 atom stereocenters. The lowest BCUT2D eigenvalue weighted by Crippen LogP contribution is -2.51. The number of anilines is 1. The van der Waals surface area contributed by atoms with E-state index in [1.54, 1.807) is 29.2 Å². The number of benzene rings is 2. The van der Waals surface area contributed by atoms with Crippen LogP contribution in [0.1, 0.15) is 76.3 Å². The number of hydrogen-bond donors (Lipinski definition) is 1. The Morgan fingerprint density at radius 2 is 1.75 bits per heavy atom. The largest absolute Gasteiger partial charge is 0.494 e. The molecule has 0 saturated heterocycles. The fourth-order valence-corrected chi connectivity index (χ4v) is 6.32. The Labute approximate surface area is 240 Å². The molecule has 40 heavy (non-hydrogen) atoms. The lowest BCUT2D eigenvalue weighted by molar-refractivity contribution is -0.141. The predicted molar refractivity (Wildman–Crippen MR) is 160 cm³/mol. The van der Waals surface area contributed by atoms with Gasteiger partial charge in [-0.05, 0) is 69.4 Å². The molecule has 0 aliphatic heterocycles. The SMILES string of the molecule is CCOc1ccc(N(CCCC(=O)N(Cc2cccc(C)c2)[C@H](CC)C(=O)NC2CCCCC2)S(C)(=O)=O)cc1. The number of aryl methyl sites for hydroxylation is 1. The Morgan fingerprint density at radius 3 is 2.35 bits per heavy atom. The minimum atomic E-state index is -3.56. The van der Waals surface area contributed by atoms with Gasteiger partial charge in [-0.2, -0.15) is 0 Å². The smallest absolute Gasteiger partial charge is 0.243 e. The molecular weight excluding hydrogens is 526 g/mol. The summed E-state index contributed by atoms with van der Waals surface area (Å²) in [4.78, 5) is 28.8. The third-order valence-corrected chi connectivity index (χ3v) is 8.55. The van der Waals surface area contributed by atoms with Crippen molar-refractivity contribution in [3.63, 3.8) is 0 Å². The summed E-state index contributed by atoms with van der Waals surface area (Å²) in [5.41, 5.74) is 2.57. The lowest BCUT2D eigenvalue weighted by atomic mass is 9.95. The average molecular weight is 572 g/mol. The lowest BCUT2D eigenvalue weighted by Gasteiger charge is -2.33. The maximum absolute atomic E-state index is 13.7. The first kappa shape index (κ1) is 31.5. The molecule has 2 amide bonds. The topological polar surface area (TPSA) is 96.0 Å². The van der Waals surface area contributed by atoms with E-state index in [0.29, 0.717) is 37.4 Å². The van der Waals surface area contributed by atoms with E-state index >= 15 is 0 Å². The Balaban J connectivity index is 1.74. The Bertz CT molecular complexity index is 1210. The summed E-state index contributed by atoms with van der Waals surface area (Å²) in [5.74, 6) is 0.397. The fraction of sp³-hybridized carbons (Fsp3) is 0.548. The maximum Gasteiger partial charge on any atom is 0.243 e. The molecule has 3 rings (SSSR count). The van der Waals surface area contributed by atoms with Crippen molar-refractivity contribution in [1.29, 1.82) is 0 Å². The monoisotopic (exact) mass is 571 g/mol. The molecule has 1 aliphatic rings. The number of amides is 2.